The molecule has 3 atom stereocenters. The standard InChI is InChI=1S/C12H22N2O.ClH/c1-8-5-9-6-13-7-10(9)14(8)11(15)12(2,3)4;/h8-10,13H,5-7H2,1-4H3;1H. The molecule has 0 aliphatic carbocycles. The van der Waals surface area contributed by atoms with Gasteiger partial charge >= 0.3 is 0 Å². The molecule has 0 spiro atoms. The zero-order valence-corrected chi connectivity index (χ0v) is 11.4. The number of amides is 1. The molecule has 0 aromatic rings. The second-order valence-electron chi connectivity index (χ2n) is 6.03. The van der Waals surface area contributed by atoms with Gasteiger partial charge in [-0.15, -0.1) is 12.4 Å². The lowest BCUT2D eigenvalue weighted by Crippen LogP contribution is -2.47. The Morgan fingerprint density at radius 3 is 2.50 bits per heavy atom. The first-order valence-corrected chi connectivity index (χ1v) is 5.94. The molecule has 4 heteroatoms. The molecule has 0 aromatic carbocycles. The lowest BCUT2D eigenvalue weighted by atomic mass is 9.94. The van der Waals surface area contributed by atoms with Crippen molar-refractivity contribution in [3.63, 3.8) is 0 Å². The summed E-state index contributed by atoms with van der Waals surface area (Å²) in [5, 5.41) is 3.39. The Balaban J connectivity index is 0.00000128. The zero-order chi connectivity index (χ0) is 11.2. The Hall–Kier alpha value is -0.280. The fourth-order valence-corrected chi connectivity index (χ4v) is 2.90. The van der Waals surface area contributed by atoms with Gasteiger partial charge in [0.2, 0.25) is 5.91 Å². The third-order valence-corrected chi connectivity index (χ3v) is 3.66. The maximum Gasteiger partial charge on any atom is 0.228 e. The zero-order valence-electron chi connectivity index (χ0n) is 10.6. The lowest BCUT2D eigenvalue weighted by molar-refractivity contribution is -0.142. The fraction of sp³-hybridized carbons (Fsp3) is 0.917. The third-order valence-electron chi connectivity index (χ3n) is 3.66. The van der Waals surface area contributed by atoms with Crippen LogP contribution in [0.1, 0.15) is 34.1 Å². The summed E-state index contributed by atoms with van der Waals surface area (Å²) in [7, 11) is 0. The minimum atomic E-state index is -0.244. The van der Waals surface area contributed by atoms with Crippen molar-refractivity contribution in [1.29, 1.82) is 0 Å². The highest BCUT2D eigenvalue weighted by atomic mass is 35.5. The number of nitrogens with one attached hydrogen (secondary N) is 1. The van der Waals surface area contributed by atoms with Crippen LogP contribution in [-0.2, 0) is 4.79 Å². The molecule has 2 rings (SSSR count). The molecule has 2 heterocycles. The smallest absolute Gasteiger partial charge is 0.228 e. The highest BCUT2D eigenvalue weighted by Gasteiger charge is 2.46. The largest absolute Gasteiger partial charge is 0.335 e. The van der Waals surface area contributed by atoms with Gasteiger partial charge < -0.3 is 10.2 Å². The van der Waals surface area contributed by atoms with Crippen molar-refractivity contribution in [2.75, 3.05) is 13.1 Å². The molecule has 0 saturated carbocycles. The monoisotopic (exact) mass is 246 g/mol. The van der Waals surface area contributed by atoms with E-state index in [-0.39, 0.29) is 17.8 Å². The third kappa shape index (κ3) is 2.21. The normalized spacial score (nSPS) is 33.5. The number of halogens is 1. The molecule has 3 nitrogen and oxygen atoms in total. The fourth-order valence-electron chi connectivity index (χ4n) is 2.90. The van der Waals surface area contributed by atoms with Crippen molar-refractivity contribution in [2.45, 2.75) is 46.2 Å². The van der Waals surface area contributed by atoms with Gasteiger partial charge in [0, 0.05) is 30.6 Å². The van der Waals surface area contributed by atoms with Crippen molar-refractivity contribution in [3.05, 3.63) is 0 Å². The predicted octanol–water partition coefficient (Wildman–Crippen LogP) is 1.66. The Bertz CT molecular complexity index is 275. The number of fused-ring (bicyclic) bond motifs is 1. The molecule has 94 valence electrons. The topological polar surface area (TPSA) is 32.3 Å². The van der Waals surface area contributed by atoms with E-state index in [0.29, 0.717) is 23.9 Å². The van der Waals surface area contributed by atoms with Crippen LogP contribution in [0, 0.1) is 11.3 Å². The lowest BCUT2D eigenvalue weighted by Gasteiger charge is -2.33. The maximum absolute atomic E-state index is 12.3. The highest BCUT2D eigenvalue weighted by Crippen LogP contribution is 2.35. The van der Waals surface area contributed by atoms with E-state index in [1.54, 1.807) is 0 Å². The summed E-state index contributed by atoms with van der Waals surface area (Å²) in [5.74, 6) is 0.998. The van der Waals surface area contributed by atoms with Gasteiger partial charge in [-0.25, -0.2) is 0 Å². The summed E-state index contributed by atoms with van der Waals surface area (Å²) in [5.41, 5.74) is -0.244. The first kappa shape index (κ1) is 13.8. The molecule has 2 fully saturated rings. The van der Waals surface area contributed by atoms with Crippen molar-refractivity contribution >= 4 is 18.3 Å². The van der Waals surface area contributed by atoms with Crippen LogP contribution in [0.4, 0.5) is 0 Å². The maximum atomic E-state index is 12.3. The molecular weight excluding hydrogens is 224 g/mol. The second-order valence-corrected chi connectivity index (χ2v) is 6.03. The molecule has 2 aliphatic rings. The predicted molar refractivity (Wildman–Crippen MR) is 67.8 cm³/mol. The molecule has 0 radical (unpaired) electrons. The van der Waals surface area contributed by atoms with E-state index in [4.69, 9.17) is 0 Å². The molecular formula is C12H23ClN2O. The van der Waals surface area contributed by atoms with Gasteiger partial charge in [-0.1, -0.05) is 20.8 Å². The molecule has 0 bridgehead atoms. The van der Waals surface area contributed by atoms with Gasteiger partial charge in [0.25, 0.3) is 0 Å². The minimum Gasteiger partial charge on any atom is -0.335 e. The van der Waals surface area contributed by atoms with Crippen molar-refractivity contribution in [2.24, 2.45) is 11.3 Å². The van der Waals surface area contributed by atoms with E-state index in [9.17, 15) is 4.79 Å². The summed E-state index contributed by atoms with van der Waals surface area (Å²) in [4.78, 5) is 14.4. The van der Waals surface area contributed by atoms with Gasteiger partial charge in [-0.3, -0.25) is 4.79 Å². The number of carbonyl (C=O) groups excluding carboxylic acids is 1. The van der Waals surface area contributed by atoms with Gasteiger partial charge in [0.1, 0.15) is 0 Å². The summed E-state index contributed by atoms with van der Waals surface area (Å²) in [6.07, 6.45) is 1.17. The van der Waals surface area contributed by atoms with E-state index >= 15 is 0 Å². The number of hydrogen-bond acceptors (Lipinski definition) is 2. The SMILES string of the molecule is CC1CC2CNCC2N1C(=O)C(C)(C)C.Cl. The average molecular weight is 247 g/mol. The van der Waals surface area contributed by atoms with Crippen LogP contribution in [-0.4, -0.2) is 36.0 Å². The van der Waals surface area contributed by atoms with E-state index in [1.807, 2.05) is 20.8 Å². The molecule has 3 unspecified atom stereocenters. The summed E-state index contributed by atoms with van der Waals surface area (Å²) < 4.78 is 0. The van der Waals surface area contributed by atoms with Gasteiger partial charge in [-0.2, -0.15) is 0 Å². The van der Waals surface area contributed by atoms with Crippen LogP contribution in [0.2, 0.25) is 0 Å². The Morgan fingerprint density at radius 1 is 1.31 bits per heavy atom. The second kappa shape index (κ2) is 4.53. The van der Waals surface area contributed by atoms with Crippen molar-refractivity contribution in [3.8, 4) is 0 Å². The summed E-state index contributed by atoms with van der Waals surface area (Å²) in [6, 6.07) is 0.876. The molecule has 0 aromatic heterocycles. The molecule has 1 N–H and O–H groups in total. The van der Waals surface area contributed by atoms with Crippen molar-refractivity contribution in [1.82, 2.24) is 10.2 Å². The number of hydrogen-bond donors (Lipinski definition) is 1. The van der Waals surface area contributed by atoms with E-state index in [0.717, 1.165) is 13.1 Å². The molecule has 2 saturated heterocycles. The average Bonchev–Trinajstić information content (AvgIpc) is 2.60. The van der Waals surface area contributed by atoms with Crippen LogP contribution in [0.3, 0.4) is 0 Å². The first-order chi connectivity index (χ1) is 6.91. The Labute approximate surface area is 104 Å². The van der Waals surface area contributed by atoms with Crippen LogP contribution in [0.15, 0.2) is 0 Å². The molecule has 16 heavy (non-hydrogen) atoms. The van der Waals surface area contributed by atoms with Gasteiger partial charge in [-0.05, 0) is 19.3 Å². The highest BCUT2D eigenvalue weighted by molar-refractivity contribution is 5.85. The molecule has 2 aliphatic heterocycles. The number of rotatable bonds is 0. The molecule has 1 amide bonds. The van der Waals surface area contributed by atoms with Crippen LogP contribution in [0.25, 0.3) is 0 Å². The van der Waals surface area contributed by atoms with E-state index in [1.165, 1.54) is 6.42 Å². The van der Waals surface area contributed by atoms with Crippen LogP contribution < -0.4 is 5.32 Å². The summed E-state index contributed by atoms with van der Waals surface area (Å²) >= 11 is 0. The quantitative estimate of drug-likeness (QED) is 0.705. The van der Waals surface area contributed by atoms with Crippen molar-refractivity contribution < 1.29 is 4.79 Å². The summed E-state index contributed by atoms with van der Waals surface area (Å²) in [6.45, 7) is 10.3. The number of nitrogens with zero attached hydrogens (tertiary/aromatic N) is 1. The Kier molecular flexibility index (Phi) is 3.91. The van der Waals surface area contributed by atoms with E-state index in [2.05, 4.69) is 17.1 Å². The van der Waals surface area contributed by atoms with Gasteiger partial charge in [0.15, 0.2) is 0 Å². The van der Waals surface area contributed by atoms with E-state index < -0.39 is 0 Å². The number of likely N-dealkylation sites (tertiary alicyclic amines) is 1. The Morgan fingerprint density at radius 2 is 1.94 bits per heavy atom. The van der Waals surface area contributed by atoms with Gasteiger partial charge in [0.05, 0.1) is 0 Å². The minimum absolute atomic E-state index is 0. The van der Waals surface area contributed by atoms with Crippen LogP contribution in [0.5, 0.6) is 0 Å². The number of carbonyl (C=O) groups is 1. The van der Waals surface area contributed by atoms with Crippen LogP contribution >= 0.6 is 12.4 Å². The first-order valence-electron chi connectivity index (χ1n) is 5.94.